The van der Waals surface area contributed by atoms with Crippen molar-refractivity contribution in [1.29, 1.82) is 0 Å². The summed E-state index contributed by atoms with van der Waals surface area (Å²) in [7, 11) is 0. The second-order valence-electron chi connectivity index (χ2n) is 6.74. The van der Waals surface area contributed by atoms with Gasteiger partial charge in [0.1, 0.15) is 0 Å². The van der Waals surface area contributed by atoms with Crippen molar-refractivity contribution in [2.45, 2.75) is 25.7 Å². The van der Waals surface area contributed by atoms with Gasteiger partial charge in [0.2, 0.25) is 0 Å². The maximum absolute atomic E-state index is 11.0. The van der Waals surface area contributed by atoms with Crippen molar-refractivity contribution in [2.75, 3.05) is 13.2 Å². The van der Waals surface area contributed by atoms with Crippen LogP contribution in [0, 0.1) is 0 Å². The maximum atomic E-state index is 11.0. The molecule has 1 saturated heterocycles. The highest BCUT2D eigenvalue weighted by atomic mass is 16.6. The molecule has 4 N–H and O–H groups in total. The minimum atomic E-state index is -1.06. The van der Waals surface area contributed by atoms with E-state index in [1.165, 1.54) is 36.4 Å². The summed E-state index contributed by atoms with van der Waals surface area (Å²) in [5.41, 5.74) is 2.08. The summed E-state index contributed by atoms with van der Waals surface area (Å²) >= 11 is 0. The number of carboxylic acids is 4. The smallest absolute Gasteiger partial charge is 0.335 e. The van der Waals surface area contributed by atoms with Crippen LogP contribution in [0.4, 0.5) is 0 Å². The third-order valence-corrected chi connectivity index (χ3v) is 4.58. The van der Waals surface area contributed by atoms with Crippen LogP contribution in [0.1, 0.15) is 65.4 Å². The average molecular weight is 430 g/mol. The Kier molecular flexibility index (Phi) is 8.27. The van der Waals surface area contributed by atoms with Crippen LogP contribution in [-0.2, 0) is 17.6 Å². The van der Waals surface area contributed by atoms with E-state index in [4.69, 9.17) is 20.4 Å². The number of carbonyl (C=O) groups is 4. The summed E-state index contributed by atoms with van der Waals surface area (Å²) in [5.74, 6) is -4.08. The predicted molar refractivity (Wildman–Crippen MR) is 108 cm³/mol. The van der Waals surface area contributed by atoms with Gasteiger partial charge in [0.25, 0.3) is 0 Å². The van der Waals surface area contributed by atoms with Crippen LogP contribution in [-0.4, -0.2) is 57.5 Å². The molecule has 1 aliphatic heterocycles. The van der Waals surface area contributed by atoms with Crippen LogP contribution in [0.2, 0.25) is 0 Å². The first-order valence-electron chi connectivity index (χ1n) is 9.48. The Hall–Kier alpha value is -3.72. The topological polar surface area (TPSA) is 162 Å². The van der Waals surface area contributed by atoms with Crippen LogP contribution >= 0.6 is 0 Å². The summed E-state index contributed by atoms with van der Waals surface area (Å²) in [6, 6.07) is 7.82. The number of hydrogen-bond acceptors (Lipinski definition) is 5. The molecule has 1 fully saturated rings. The van der Waals surface area contributed by atoms with Crippen LogP contribution in [0.5, 0.6) is 0 Å². The zero-order valence-electron chi connectivity index (χ0n) is 16.5. The number of benzene rings is 2. The highest BCUT2D eigenvalue weighted by Crippen LogP contribution is 2.27. The van der Waals surface area contributed by atoms with Crippen LogP contribution in [0.25, 0.3) is 0 Å². The van der Waals surface area contributed by atoms with E-state index < -0.39 is 23.9 Å². The molecule has 1 aliphatic carbocycles. The van der Waals surface area contributed by atoms with Gasteiger partial charge < -0.3 is 25.2 Å². The molecule has 0 atom stereocenters. The van der Waals surface area contributed by atoms with E-state index in [1.807, 2.05) is 0 Å². The molecular formula is C22H22O9. The van der Waals surface area contributed by atoms with E-state index in [0.717, 1.165) is 26.1 Å². The van der Waals surface area contributed by atoms with Crippen molar-refractivity contribution in [3.05, 3.63) is 69.8 Å². The number of carboxylic acid groups (broad SMARTS) is 4. The number of hydrogen-bond donors (Lipinski definition) is 4. The molecule has 0 bridgehead atoms. The van der Waals surface area contributed by atoms with Gasteiger partial charge in [-0.15, -0.1) is 0 Å². The fraction of sp³-hybridized carbons (Fsp3) is 0.273. The van der Waals surface area contributed by atoms with E-state index in [-0.39, 0.29) is 22.3 Å². The number of epoxide rings is 1. The summed E-state index contributed by atoms with van der Waals surface area (Å²) in [6.45, 7) is 2.00. The summed E-state index contributed by atoms with van der Waals surface area (Å²) in [5, 5.41) is 35.0. The first-order valence-corrected chi connectivity index (χ1v) is 9.48. The lowest BCUT2D eigenvalue weighted by molar-refractivity contribution is 0.0678. The van der Waals surface area contributed by atoms with Crippen molar-refractivity contribution in [2.24, 2.45) is 0 Å². The second kappa shape index (κ2) is 10.9. The van der Waals surface area contributed by atoms with Crippen molar-refractivity contribution in [3.63, 3.8) is 0 Å². The Morgan fingerprint density at radius 1 is 0.581 bits per heavy atom. The van der Waals surface area contributed by atoms with Gasteiger partial charge in [-0.25, -0.2) is 19.2 Å². The lowest BCUT2D eigenvalue weighted by atomic mass is 9.85. The Labute approximate surface area is 177 Å². The molecule has 2 aromatic carbocycles. The standard InChI is InChI=1S/C12H12O4.C8H6O4.C2H4O/c13-11(14)9-5-6-10(12(15)16)8-4-2-1-3-7(8)9;9-7(10)5-1-2-6(4-3-5)8(11)12;1-2-3-1/h5-6H,1-4H2,(H,13,14)(H,15,16);1-4H,(H,9,10)(H,11,12);1-2H2. The van der Waals surface area contributed by atoms with Crippen molar-refractivity contribution >= 4 is 23.9 Å². The lowest BCUT2D eigenvalue weighted by Crippen LogP contribution is -2.15. The van der Waals surface area contributed by atoms with E-state index in [9.17, 15) is 19.2 Å². The van der Waals surface area contributed by atoms with E-state index in [1.54, 1.807) is 0 Å². The summed E-state index contributed by atoms with van der Waals surface area (Å²) < 4.78 is 4.50. The maximum Gasteiger partial charge on any atom is 0.335 e. The zero-order valence-corrected chi connectivity index (χ0v) is 16.5. The Bertz CT molecular complexity index is 896. The molecule has 0 unspecified atom stereocenters. The molecule has 31 heavy (non-hydrogen) atoms. The van der Waals surface area contributed by atoms with Gasteiger partial charge >= 0.3 is 23.9 Å². The third-order valence-electron chi connectivity index (χ3n) is 4.58. The monoisotopic (exact) mass is 430 g/mol. The first kappa shape index (κ1) is 23.6. The normalized spacial score (nSPS) is 13.3. The van der Waals surface area contributed by atoms with E-state index >= 15 is 0 Å². The molecule has 0 amide bonds. The molecule has 9 nitrogen and oxygen atoms in total. The molecule has 0 spiro atoms. The lowest BCUT2D eigenvalue weighted by Gasteiger charge is -2.19. The fourth-order valence-corrected chi connectivity index (χ4v) is 3.02. The number of fused-ring (bicyclic) bond motifs is 1. The zero-order chi connectivity index (χ0) is 23.0. The first-order chi connectivity index (χ1) is 14.7. The van der Waals surface area contributed by atoms with Crippen molar-refractivity contribution < 1.29 is 44.3 Å². The molecule has 0 radical (unpaired) electrons. The van der Waals surface area contributed by atoms with Gasteiger partial charge in [-0.1, -0.05) is 0 Å². The van der Waals surface area contributed by atoms with Crippen molar-refractivity contribution in [1.82, 2.24) is 0 Å². The van der Waals surface area contributed by atoms with Gasteiger partial charge in [0.15, 0.2) is 0 Å². The Morgan fingerprint density at radius 3 is 1.13 bits per heavy atom. The molecule has 0 aromatic heterocycles. The number of aromatic carboxylic acids is 4. The molecule has 9 heteroatoms. The van der Waals surface area contributed by atoms with Gasteiger partial charge in [-0.2, -0.15) is 0 Å². The van der Waals surface area contributed by atoms with Crippen LogP contribution in [0.15, 0.2) is 36.4 Å². The molecule has 4 rings (SSSR count). The van der Waals surface area contributed by atoms with Gasteiger partial charge in [-0.05, 0) is 73.2 Å². The number of ether oxygens (including phenoxy) is 1. The Balaban J connectivity index is 0.000000200. The summed E-state index contributed by atoms with van der Waals surface area (Å²) in [4.78, 5) is 42.7. The molecule has 1 heterocycles. The molecule has 2 aromatic rings. The minimum absolute atomic E-state index is 0.0833. The SMILES string of the molecule is C1CO1.O=C(O)c1ccc(C(=O)O)c2c1CCCC2.O=C(O)c1ccc(C(=O)O)cc1. The van der Waals surface area contributed by atoms with Crippen molar-refractivity contribution in [3.8, 4) is 0 Å². The highest BCUT2D eigenvalue weighted by molar-refractivity contribution is 5.95. The van der Waals surface area contributed by atoms with Crippen LogP contribution < -0.4 is 0 Å². The third kappa shape index (κ3) is 6.93. The largest absolute Gasteiger partial charge is 0.478 e. The van der Waals surface area contributed by atoms with E-state index in [2.05, 4.69) is 4.74 Å². The Morgan fingerprint density at radius 2 is 0.903 bits per heavy atom. The molecule has 164 valence electrons. The molecule has 0 saturated carbocycles. The minimum Gasteiger partial charge on any atom is -0.478 e. The van der Waals surface area contributed by atoms with E-state index in [0.29, 0.717) is 24.0 Å². The van der Waals surface area contributed by atoms with Gasteiger partial charge in [-0.3, -0.25) is 0 Å². The fourth-order valence-electron chi connectivity index (χ4n) is 3.02. The molecular weight excluding hydrogens is 408 g/mol. The number of rotatable bonds is 4. The van der Waals surface area contributed by atoms with Gasteiger partial charge in [0, 0.05) is 0 Å². The van der Waals surface area contributed by atoms with Gasteiger partial charge in [0.05, 0.1) is 35.5 Å². The van der Waals surface area contributed by atoms with Crippen LogP contribution in [0.3, 0.4) is 0 Å². The second-order valence-corrected chi connectivity index (χ2v) is 6.74. The average Bonchev–Trinajstić information content (AvgIpc) is 3.62. The molecule has 2 aliphatic rings. The highest BCUT2D eigenvalue weighted by Gasteiger charge is 2.22. The quantitative estimate of drug-likeness (QED) is 0.534. The predicted octanol–water partition coefficient (Wildman–Crippen LogP) is 3.06. The summed E-state index contributed by atoms with van der Waals surface area (Å²) in [6.07, 6.45) is 3.18.